The average molecular weight is 228 g/mol. The summed E-state index contributed by atoms with van der Waals surface area (Å²) in [6.07, 6.45) is 3.64. The predicted octanol–water partition coefficient (Wildman–Crippen LogP) is 5.08. The summed E-state index contributed by atoms with van der Waals surface area (Å²) < 4.78 is 14.3. The molecule has 0 aromatic carbocycles. The first-order valence-electron chi connectivity index (χ1n) is 7.05. The number of hydrogen-bond donors (Lipinski definition) is 0. The van der Waals surface area contributed by atoms with Gasteiger partial charge in [-0.25, -0.2) is 4.39 Å². The quantitative estimate of drug-likeness (QED) is 0.591. The Morgan fingerprint density at radius 2 is 1.75 bits per heavy atom. The van der Waals surface area contributed by atoms with Crippen LogP contribution in [0.2, 0.25) is 0 Å². The summed E-state index contributed by atoms with van der Waals surface area (Å²) in [6.45, 7) is 11.2. The Hall–Kier alpha value is -0.0700. The smallest absolute Gasteiger partial charge is 0.103 e. The van der Waals surface area contributed by atoms with Gasteiger partial charge in [-0.05, 0) is 48.9 Å². The van der Waals surface area contributed by atoms with Gasteiger partial charge in [0.05, 0.1) is 0 Å². The molecule has 16 heavy (non-hydrogen) atoms. The van der Waals surface area contributed by atoms with Crippen LogP contribution in [0.1, 0.15) is 60.3 Å². The predicted molar refractivity (Wildman–Crippen MR) is 69.2 cm³/mol. The normalized spacial score (nSPS) is 36.8. The fraction of sp³-hybridized carbons (Fsp3) is 1.00. The monoisotopic (exact) mass is 228 g/mol. The number of halogens is 1. The van der Waals surface area contributed by atoms with Crippen molar-refractivity contribution in [2.24, 2.45) is 29.6 Å². The van der Waals surface area contributed by atoms with Crippen LogP contribution >= 0.6 is 0 Å². The van der Waals surface area contributed by atoms with E-state index < -0.39 is 6.17 Å². The van der Waals surface area contributed by atoms with Gasteiger partial charge in [0.15, 0.2) is 0 Å². The highest BCUT2D eigenvalue weighted by molar-refractivity contribution is 4.83. The van der Waals surface area contributed by atoms with Gasteiger partial charge >= 0.3 is 0 Å². The second kappa shape index (κ2) is 6.02. The Morgan fingerprint density at radius 3 is 2.25 bits per heavy atom. The van der Waals surface area contributed by atoms with Crippen molar-refractivity contribution < 1.29 is 4.39 Å². The molecule has 4 atom stereocenters. The zero-order valence-corrected chi connectivity index (χ0v) is 11.7. The van der Waals surface area contributed by atoms with Crippen LogP contribution in [0.5, 0.6) is 0 Å². The number of rotatable bonds is 3. The largest absolute Gasteiger partial charge is 0.247 e. The third kappa shape index (κ3) is 3.75. The number of hydrogen-bond acceptors (Lipinski definition) is 0. The Labute approximate surface area is 101 Å². The zero-order chi connectivity index (χ0) is 12.3. The van der Waals surface area contributed by atoms with Crippen molar-refractivity contribution in [3.63, 3.8) is 0 Å². The standard InChI is InChI=1S/C15H29F/c1-10(2)8-13-7-6-12(5)14(11(3)4)9-15(13)16/h10-15H,6-9H2,1-5H3/t12-,13?,14?,15-/m0/s1. The molecule has 0 bridgehead atoms. The van der Waals surface area contributed by atoms with Crippen LogP contribution < -0.4 is 0 Å². The molecule has 1 heteroatoms. The van der Waals surface area contributed by atoms with E-state index in [4.69, 9.17) is 0 Å². The van der Waals surface area contributed by atoms with Crippen LogP contribution in [0.3, 0.4) is 0 Å². The van der Waals surface area contributed by atoms with E-state index in [0.29, 0.717) is 29.6 Å². The lowest BCUT2D eigenvalue weighted by Crippen LogP contribution is -2.22. The van der Waals surface area contributed by atoms with Gasteiger partial charge < -0.3 is 0 Å². The second-order valence-electron chi connectivity index (χ2n) is 6.60. The molecule has 0 aromatic rings. The molecule has 1 aliphatic carbocycles. The Kier molecular flexibility index (Phi) is 5.27. The van der Waals surface area contributed by atoms with Crippen molar-refractivity contribution in [1.82, 2.24) is 0 Å². The zero-order valence-electron chi connectivity index (χ0n) is 11.7. The van der Waals surface area contributed by atoms with Crippen LogP contribution in [0, 0.1) is 29.6 Å². The Morgan fingerprint density at radius 1 is 1.12 bits per heavy atom. The van der Waals surface area contributed by atoms with Crippen LogP contribution in [0.4, 0.5) is 4.39 Å². The molecule has 96 valence electrons. The molecule has 1 fully saturated rings. The van der Waals surface area contributed by atoms with E-state index in [1.807, 2.05) is 0 Å². The minimum absolute atomic E-state index is 0.325. The maximum atomic E-state index is 14.3. The molecule has 0 spiro atoms. The molecule has 0 saturated heterocycles. The van der Waals surface area contributed by atoms with Gasteiger partial charge in [0, 0.05) is 0 Å². The molecule has 0 aliphatic heterocycles. The van der Waals surface area contributed by atoms with Gasteiger partial charge in [-0.2, -0.15) is 0 Å². The summed E-state index contributed by atoms with van der Waals surface area (Å²) in [6, 6.07) is 0. The fourth-order valence-corrected chi connectivity index (χ4v) is 3.36. The highest BCUT2D eigenvalue weighted by Crippen LogP contribution is 2.39. The van der Waals surface area contributed by atoms with Crippen LogP contribution in [-0.4, -0.2) is 6.17 Å². The molecule has 2 unspecified atom stereocenters. The molecule has 0 radical (unpaired) electrons. The summed E-state index contributed by atoms with van der Waals surface area (Å²) in [7, 11) is 0. The van der Waals surface area contributed by atoms with Crippen molar-refractivity contribution in [2.75, 3.05) is 0 Å². The topological polar surface area (TPSA) is 0 Å². The first-order valence-corrected chi connectivity index (χ1v) is 7.05. The van der Waals surface area contributed by atoms with E-state index in [0.717, 1.165) is 19.3 Å². The first-order chi connectivity index (χ1) is 7.41. The Bertz CT molecular complexity index is 198. The molecule has 0 heterocycles. The molecule has 0 N–H and O–H groups in total. The summed E-state index contributed by atoms with van der Waals surface area (Å²) in [4.78, 5) is 0. The van der Waals surface area contributed by atoms with Gasteiger partial charge in [-0.15, -0.1) is 0 Å². The summed E-state index contributed by atoms with van der Waals surface area (Å²) in [5, 5.41) is 0. The highest BCUT2D eigenvalue weighted by atomic mass is 19.1. The van der Waals surface area contributed by atoms with E-state index in [1.54, 1.807) is 0 Å². The molecule has 1 aliphatic rings. The lowest BCUT2D eigenvalue weighted by Gasteiger charge is -2.26. The molecule has 0 nitrogen and oxygen atoms in total. The van der Waals surface area contributed by atoms with E-state index in [2.05, 4.69) is 34.6 Å². The third-order valence-electron chi connectivity index (χ3n) is 4.36. The van der Waals surface area contributed by atoms with Crippen LogP contribution in [-0.2, 0) is 0 Å². The lowest BCUT2D eigenvalue weighted by molar-refractivity contribution is 0.156. The van der Waals surface area contributed by atoms with Crippen molar-refractivity contribution in [1.29, 1.82) is 0 Å². The van der Waals surface area contributed by atoms with Gasteiger partial charge in [0.25, 0.3) is 0 Å². The van der Waals surface area contributed by atoms with Crippen molar-refractivity contribution in [3.05, 3.63) is 0 Å². The third-order valence-corrected chi connectivity index (χ3v) is 4.36. The van der Waals surface area contributed by atoms with Crippen molar-refractivity contribution in [2.45, 2.75) is 66.5 Å². The van der Waals surface area contributed by atoms with E-state index in [1.165, 1.54) is 6.42 Å². The van der Waals surface area contributed by atoms with Crippen molar-refractivity contribution >= 4 is 0 Å². The fourth-order valence-electron chi connectivity index (χ4n) is 3.36. The van der Waals surface area contributed by atoms with Crippen LogP contribution in [0.15, 0.2) is 0 Å². The maximum absolute atomic E-state index is 14.3. The lowest BCUT2D eigenvalue weighted by atomic mass is 9.81. The molecular formula is C15H29F. The van der Waals surface area contributed by atoms with E-state index in [-0.39, 0.29) is 0 Å². The first kappa shape index (κ1) is 14.0. The Balaban J connectivity index is 2.62. The molecule has 0 amide bonds. The average Bonchev–Trinajstić information content (AvgIpc) is 2.30. The summed E-state index contributed by atoms with van der Waals surface area (Å²) in [5.41, 5.74) is 0. The molecule has 1 rings (SSSR count). The minimum atomic E-state index is -0.556. The van der Waals surface area contributed by atoms with Crippen molar-refractivity contribution in [3.8, 4) is 0 Å². The van der Waals surface area contributed by atoms with Gasteiger partial charge in [-0.1, -0.05) is 41.0 Å². The maximum Gasteiger partial charge on any atom is 0.103 e. The molecule has 0 aromatic heterocycles. The number of alkyl halides is 1. The highest BCUT2D eigenvalue weighted by Gasteiger charge is 2.33. The molecular weight excluding hydrogens is 199 g/mol. The SMILES string of the molecule is CC(C)CC1CC[C@H](C)C(C(C)C)C[C@@H]1F. The summed E-state index contributed by atoms with van der Waals surface area (Å²) in [5.74, 6) is 2.88. The van der Waals surface area contributed by atoms with E-state index in [9.17, 15) is 4.39 Å². The molecule has 1 saturated carbocycles. The van der Waals surface area contributed by atoms with Crippen LogP contribution in [0.25, 0.3) is 0 Å². The minimum Gasteiger partial charge on any atom is -0.247 e. The van der Waals surface area contributed by atoms with Gasteiger partial charge in [-0.3, -0.25) is 0 Å². The van der Waals surface area contributed by atoms with Gasteiger partial charge in [0.2, 0.25) is 0 Å². The van der Waals surface area contributed by atoms with Gasteiger partial charge in [0.1, 0.15) is 6.17 Å². The van der Waals surface area contributed by atoms with E-state index >= 15 is 0 Å². The second-order valence-corrected chi connectivity index (χ2v) is 6.60. The summed E-state index contributed by atoms with van der Waals surface area (Å²) >= 11 is 0.